The van der Waals surface area contributed by atoms with Crippen molar-refractivity contribution in [3.8, 4) is 0 Å². The van der Waals surface area contributed by atoms with Gasteiger partial charge in [0.1, 0.15) is 5.82 Å². The summed E-state index contributed by atoms with van der Waals surface area (Å²) in [6.07, 6.45) is 1.01. The van der Waals surface area contributed by atoms with Crippen LogP contribution in [-0.2, 0) is 6.42 Å². The average Bonchev–Trinajstić information content (AvgIpc) is 2.10. The molecule has 1 rings (SSSR count). The molecule has 1 atom stereocenters. The van der Waals surface area contributed by atoms with E-state index in [1.807, 2.05) is 0 Å². The topological polar surface area (TPSA) is 20.2 Å². The summed E-state index contributed by atoms with van der Waals surface area (Å²) in [5, 5.41) is 9.72. The van der Waals surface area contributed by atoms with Gasteiger partial charge in [0, 0.05) is 0 Å². The first-order chi connectivity index (χ1) is 6.99. The van der Waals surface area contributed by atoms with Crippen molar-refractivity contribution in [1.82, 2.24) is 0 Å². The SMILES string of the molecule is CC(C)CC(O)Cc1ccc(F)c(Br)c1. The molecule has 0 aliphatic heterocycles. The summed E-state index contributed by atoms with van der Waals surface area (Å²) < 4.78 is 13.4. The molecule has 0 bridgehead atoms. The van der Waals surface area contributed by atoms with Crippen LogP contribution in [-0.4, -0.2) is 11.2 Å². The van der Waals surface area contributed by atoms with E-state index in [0.717, 1.165) is 12.0 Å². The van der Waals surface area contributed by atoms with Crippen LogP contribution >= 0.6 is 15.9 Å². The molecule has 0 saturated carbocycles. The number of aliphatic hydroxyl groups is 1. The van der Waals surface area contributed by atoms with Gasteiger partial charge in [-0.25, -0.2) is 4.39 Å². The lowest BCUT2D eigenvalue weighted by Crippen LogP contribution is -2.13. The van der Waals surface area contributed by atoms with E-state index in [-0.39, 0.29) is 11.9 Å². The Bertz CT molecular complexity index is 325. The van der Waals surface area contributed by atoms with Crippen molar-refractivity contribution in [2.75, 3.05) is 0 Å². The summed E-state index contributed by atoms with van der Waals surface area (Å²) in [7, 11) is 0. The Morgan fingerprint density at radius 3 is 2.60 bits per heavy atom. The minimum atomic E-state index is -0.345. The van der Waals surface area contributed by atoms with Crippen LogP contribution in [0.3, 0.4) is 0 Å². The second kappa shape index (κ2) is 5.61. The van der Waals surface area contributed by atoms with Crippen molar-refractivity contribution in [2.24, 2.45) is 5.92 Å². The van der Waals surface area contributed by atoms with Crippen molar-refractivity contribution in [2.45, 2.75) is 32.8 Å². The maximum atomic E-state index is 12.9. The monoisotopic (exact) mass is 274 g/mol. The zero-order chi connectivity index (χ0) is 11.4. The van der Waals surface area contributed by atoms with Gasteiger partial charge in [-0.2, -0.15) is 0 Å². The zero-order valence-corrected chi connectivity index (χ0v) is 10.6. The van der Waals surface area contributed by atoms with E-state index in [1.165, 1.54) is 6.07 Å². The summed E-state index contributed by atoms with van der Waals surface area (Å²) in [6, 6.07) is 4.85. The lowest BCUT2D eigenvalue weighted by molar-refractivity contribution is 0.149. The van der Waals surface area contributed by atoms with E-state index in [4.69, 9.17) is 0 Å². The van der Waals surface area contributed by atoms with Crippen molar-refractivity contribution in [3.63, 3.8) is 0 Å². The molecule has 1 N–H and O–H groups in total. The van der Waals surface area contributed by atoms with Crippen LogP contribution < -0.4 is 0 Å². The first kappa shape index (κ1) is 12.7. The summed E-state index contributed by atoms with van der Waals surface area (Å²) in [5.41, 5.74) is 0.955. The molecule has 0 amide bonds. The highest BCUT2D eigenvalue weighted by Gasteiger charge is 2.09. The van der Waals surface area contributed by atoms with Crippen molar-refractivity contribution < 1.29 is 9.50 Å². The number of halogens is 2. The predicted molar refractivity (Wildman–Crippen MR) is 63.3 cm³/mol. The minimum Gasteiger partial charge on any atom is -0.393 e. The van der Waals surface area contributed by atoms with Crippen LogP contribution in [0.15, 0.2) is 22.7 Å². The summed E-state index contributed by atoms with van der Waals surface area (Å²) in [4.78, 5) is 0. The van der Waals surface area contributed by atoms with E-state index in [9.17, 15) is 9.50 Å². The molecule has 1 nitrogen and oxygen atoms in total. The fourth-order valence-electron chi connectivity index (χ4n) is 1.57. The molecule has 0 radical (unpaired) electrons. The van der Waals surface area contributed by atoms with Crippen molar-refractivity contribution in [3.05, 3.63) is 34.1 Å². The zero-order valence-electron chi connectivity index (χ0n) is 9.00. The first-order valence-electron chi connectivity index (χ1n) is 5.11. The van der Waals surface area contributed by atoms with Gasteiger partial charge in [-0.15, -0.1) is 0 Å². The smallest absolute Gasteiger partial charge is 0.137 e. The van der Waals surface area contributed by atoms with Gasteiger partial charge in [0.25, 0.3) is 0 Å². The predicted octanol–water partition coefficient (Wildman–Crippen LogP) is 3.54. The summed E-state index contributed by atoms with van der Waals surface area (Å²) in [6.45, 7) is 4.15. The third-order valence-electron chi connectivity index (χ3n) is 2.20. The summed E-state index contributed by atoms with van der Waals surface area (Å²) >= 11 is 3.13. The molecule has 0 aliphatic rings. The Kier molecular flexibility index (Phi) is 4.74. The molecule has 1 unspecified atom stereocenters. The number of hydrogen-bond acceptors (Lipinski definition) is 1. The Morgan fingerprint density at radius 2 is 2.07 bits per heavy atom. The highest BCUT2D eigenvalue weighted by molar-refractivity contribution is 9.10. The Hall–Kier alpha value is -0.410. The van der Waals surface area contributed by atoms with E-state index in [2.05, 4.69) is 29.8 Å². The quantitative estimate of drug-likeness (QED) is 0.891. The molecule has 1 aromatic carbocycles. The van der Waals surface area contributed by atoms with E-state index in [1.54, 1.807) is 12.1 Å². The van der Waals surface area contributed by atoms with Gasteiger partial charge in [-0.05, 0) is 52.4 Å². The maximum Gasteiger partial charge on any atom is 0.137 e. The standard InChI is InChI=1S/C12H16BrFO/c1-8(2)5-10(15)6-9-3-4-12(14)11(13)7-9/h3-4,7-8,10,15H,5-6H2,1-2H3. The molecular weight excluding hydrogens is 259 g/mol. The first-order valence-corrected chi connectivity index (χ1v) is 5.90. The van der Waals surface area contributed by atoms with Crippen LogP contribution in [0, 0.1) is 11.7 Å². The molecule has 0 heterocycles. The largest absolute Gasteiger partial charge is 0.393 e. The average molecular weight is 275 g/mol. The van der Waals surface area contributed by atoms with Gasteiger partial charge in [-0.3, -0.25) is 0 Å². The Morgan fingerprint density at radius 1 is 1.40 bits per heavy atom. The Balaban J connectivity index is 2.60. The van der Waals surface area contributed by atoms with Gasteiger partial charge in [0.15, 0.2) is 0 Å². The lowest BCUT2D eigenvalue weighted by atomic mass is 10.00. The second-order valence-electron chi connectivity index (χ2n) is 4.24. The van der Waals surface area contributed by atoms with E-state index >= 15 is 0 Å². The highest BCUT2D eigenvalue weighted by Crippen LogP contribution is 2.19. The second-order valence-corrected chi connectivity index (χ2v) is 5.09. The number of aliphatic hydroxyl groups excluding tert-OH is 1. The number of hydrogen-bond donors (Lipinski definition) is 1. The van der Waals surface area contributed by atoms with E-state index in [0.29, 0.717) is 16.8 Å². The maximum absolute atomic E-state index is 12.9. The molecule has 0 spiro atoms. The third kappa shape index (κ3) is 4.31. The van der Waals surface area contributed by atoms with Gasteiger partial charge < -0.3 is 5.11 Å². The molecule has 0 aliphatic carbocycles. The van der Waals surface area contributed by atoms with Crippen LogP contribution in [0.25, 0.3) is 0 Å². The lowest BCUT2D eigenvalue weighted by Gasteiger charge is -2.13. The normalized spacial score (nSPS) is 13.2. The molecular formula is C12H16BrFO. The van der Waals surface area contributed by atoms with Gasteiger partial charge in [0.05, 0.1) is 10.6 Å². The molecule has 84 valence electrons. The van der Waals surface area contributed by atoms with Crippen LogP contribution in [0.4, 0.5) is 4.39 Å². The highest BCUT2D eigenvalue weighted by atomic mass is 79.9. The fraction of sp³-hybridized carbons (Fsp3) is 0.500. The van der Waals surface area contributed by atoms with Gasteiger partial charge >= 0.3 is 0 Å². The molecule has 3 heteroatoms. The van der Waals surface area contributed by atoms with Crippen molar-refractivity contribution in [1.29, 1.82) is 0 Å². The number of rotatable bonds is 4. The van der Waals surface area contributed by atoms with Gasteiger partial charge in [0.2, 0.25) is 0 Å². The van der Waals surface area contributed by atoms with Crippen LogP contribution in [0.2, 0.25) is 0 Å². The molecule has 15 heavy (non-hydrogen) atoms. The molecule has 1 aromatic rings. The van der Waals surface area contributed by atoms with Crippen LogP contribution in [0.1, 0.15) is 25.8 Å². The fourth-order valence-corrected chi connectivity index (χ4v) is 1.99. The third-order valence-corrected chi connectivity index (χ3v) is 2.81. The summed E-state index contributed by atoms with van der Waals surface area (Å²) in [5.74, 6) is 0.209. The molecule has 0 aromatic heterocycles. The molecule has 0 fully saturated rings. The van der Waals surface area contributed by atoms with Crippen molar-refractivity contribution >= 4 is 15.9 Å². The Labute approximate surface area is 98.4 Å². The van der Waals surface area contributed by atoms with E-state index < -0.39 is 0 Å². The van der Waals surface area contributed by atoms with Gasteiger partial charge in [-0.1, -0.05) is 19.9 Å². The molecule has 0 saturated heterocycles. The van der Waals surface area contributed by atoms with Crippen LogP contribution in [0.5, 0.6) is 0 Å². The minimum absolute atomic E-state index is 0.267. The number of benzene rings is 1.